The molecule has 0 amide bonds. The molecule has 0 saturated heterocycles. The second-order valence-corrected chi connectivity index (χ2v) is 5.18. The van der Waals surface area contributed by atoms with Gasteiger partial charge in [-0.05, 0) is 43.5 Å². The second kappa shape index (κ2) is 4.29. The summed E-state index contributed by atoms with van der Waals surface area (Å²) in [6.45, 7) is 2.02. The SMILES string of the molecule is Cc1ccc(-n2ccc3c2CCCC3=O)c(Cl)c1. The number of aromatic nitrogens is 1. The van der Waals surface area contributed by atoms with Gasteiger partial charge in [0, 0.05) is 23.9 Å². The number of rotatable bonds is 1. The molecule has 1 aromatic heterocycles. The third-order valence-electron chi connectivity index (χ3n) is 3.47. The van der Waals surface area contributed by atoms with Crippen molar-refractivity contribution in [2.45, 2.75) is 26.2 Å². The van der Waals surface area contributed by atoms with Crippen molar-refractivity contribution in [1.82, 2.24) is 4.57 Å². The molecule has 1 aliphatic rings. The van der Waals surface area contributed by atoms with Gasteiger partial charge in [-0.3, -0.25) is 4.79 Å². The first-order valence-corrected chi connectivity index (χ1v) is 6.54. The molecule has 0 radical (unpaired) electrons. The first-order valence-electron chi connectivity index (χ1n) is 6.17. The molecule has 0 saturated carbocycles. The summed E-state index contributed by atoms with van der Waals surface area (Å²) in [5.41, 5.74) is 4.05. The van der Waals surface area contributed by atoms with Gasteiger partial charge in [-0.2, -0.15) is 0 Å². The second-order valence-electron chi connectivity index (χ2n) is 4.78. The van der Waals surface area contributed by atoms with Crippen molar-refractivity contribution in [3.8, 4) is 5.69 Å². The van der Waals surface area contributed by atoms with Crippen molar-refractivity contribution in [2.24, 2.45) is 0 Å². The molecule has 3 heteroatoms. The van der Waals surface area contributed by atoms with E-state index in [2.05, 4.69) is 0 Å². The van der Waals surface area contributed by atoms with Crippen LogP contribution in [0.3, 0.4) is 0 Å². The van der Waals surface area contributed by atoms with E-state index in [9.17, 15) is 4.79 Å². The van der Waals surface area contributed by atoms with Crippen LogP contribution >= 0.6 is 11.6 Å². The van der Waals surface area contributed by atoms with Crippen molar-refractivity contribution >= 4 is 17.4 Å². The van der Waals surface area contributed by atoms with Crippen LogP contribution in [0.1, 0.15) is 34.5 Å². The molecule has 0 atom stereocenters. The van der Waals surface area contributed by atoms with Gasteiger partial charge in [0.15, 0.2) is 5.78 Å². The summed E-state index contributed by atoms with van der Waals surface area (Å²) in [4.78, 5) is 11.8. The highest BCUT2D eigenvalue weighted by atomic mass is 35.5. The molecule has 0 fully saturated rings. The molecule has 0 bridgehead atoms. The van der Waals surface area contributed by atoms with Crippen molar-refractivity contribution < 1.29 is 4.79 Å². The summed E-state index contributed by atoms with van der Waals surface area (Å²) in [5, 5.41) is 0.728. The zero-order valence-corrected chi connectivity index (χ0v) is 11.0. The van der Waals surface area contributed by atoms with Crippen LogP contribution in [0.5, 0.6) is 0 Å². The monoisotopic (exact) mass is 259 g/mol. The average molecular weight is 260 g/mol. The molecule has 2 aromatic rings. The van der Waals surface area contributed by atoms with Gasteiger partial charge >= 0.3 is 0 Å². The number of carbonyl (C=O) groups excluding carboxylic acids is 1. The number of aryl methyl sites for hydroxylation is 1. The van der Waals surface area contributed by atoms with Crippen molar-refractivity contribution in [1.29, 1.82) is 0 Å². The summed E-state index contributed by atoms with van der Waals surface area (Å²) in [5.74, 6) is 0.248. The standard InChI is InChI=1S/C15H14ClNO/c1-10-5-6-14(12(16)9-10)17-8-7-11-13(17)3-2-4-15(11)18/h5-9H,2-4H2,1H3. The quantitative estimate of drug-likeness (QED) is 0.760. The van der Waals surface area contributed by atoms with E-state index in [-0.39, 0.29) is 5.78 Å². The van der Waals surface area contributed by atoms with E-state index in [1.165, 1.54) is 0 Å². The Morgan fingerprint density at radius 2 is 2.06 bits per heavy atom. The van der Waals surface area contributed by atoms with Crippen molar-refractivity contribution in [2.75, 3.05) is 0 Å². The Morgan fingerprint density at radius 1 is 1.22 bits per heavy atom. The molecule has 1 aliphatic carbocycles. The largest absolute Gasteiger partial charge is 0.319 e. The number of Topliss-reactive ketones (excluding diaryl/α,β-unsaturated/α-hetero) is 1. The molecule has 0 aliphatic heterocycles. The predicted molar refractivity (Wildman–Crippen MR) is 72.8 cm³/mol. The lowest BCUT2D eigenvalue weighted by Gasteiger charge is -2.16. The zero-order chi connectivity index (χ0) is 12.7. The minimum absolute atomic E-state index is 0.248. The molecule has 1 aromatic carbocycles. The summed E-state index contributed by atoms with van der Waals surface area (Å²) < 4.78 is 2.05. The topological polar surface area (TPSA) is 22.0 Å². The molecule has 3 rings (SSSR count). The van der Waals surface area contributed by atoms with E-state index in [4.69, 9.17) is 11.6 Å². The lowest BCUT2D eigenvalue weighted by molar-refractivity contribution is 0.0972. The highest BCUT2D eigenvalue weighted by molar-refractivity contribution is 6.32. The van der Waals surface area contributed by atoms with E-state index in [1.54, 1.807) is 0 Å². The first-order chi connectivity index (χ1) is 8.66. The Morgan fingerprint density at radius 3 is 2.83 bits per heavy atom. The normalized spacial score (nSPS) is 14.7. The number of hydrogen-bond donors (Lipinski definition) is 0. The predicted octanol–water partition coefficient (Wildman–Crippen LogP) is 3.96. The van der Waals surface area contributed by atoms with E-state index >= 15 is 0 Å². The number of nitrogens with zero attached hydrogens (tertiary/aromatic N) is 1. The van der Waals surface area contributed by atoms with Crippen LogP contribution in [-0.2, 0) is 6.42 Å². The Hall–Kier alpha value is -1.54. The Balaban J connectivity index is 2.15. The summed E-state index contributed by atoms with van der Waals surface area (Å²) in [6, 6.07) is 7.91. The number of fused-ring (bicyclic) bond motifs is 1. The maximum Gasteiger partial charge on any atom is 0.164 e. The van der Waals surface area contributed by atoms with Crippen LogP contribution in [-0.4, -0.2) is 10.4 Å². The fourth-order valence-electron chi connectivity index (χ4n) is 2.56. The Bertz CT molecular complexity index is 627. The fraction of sp³-hybridized carbons (Fsp3) is 0.267. The van der Waals surface area contributed by atoms with Crippen molar-refractivity contribution in [3.63, 3.8) is 0 Å². The number of carbonyl (C=O) groups is 1. The van der Waals surface area contributed by atoms with Crippen LogP contribution in [0, 0.1) is 6.92 Å². The highest BCUT2D eigenvalue weighted by Crippen LogP contribution is 2.29. The minimum atomic E-state index is 0.248. The smallest absolute Gasteiger partial charge is 0.164 e. The zero-order valence-electron chi connectivity index (χ0n) is 10.2. The van der Waals surface area contributed by atoms with Crippen LogP contribution in [0.2, 0.25) is 5.02 Å². The van der Waals surface area contributed by atoms with E-state index in [0.29, 0.717) is 6.42 Å². The van der Waals surface area contributed by atoms with Gasteiger partial charge in [-0.1, -0.05) is 17.7 Å². The van der Waals surface area contributed by atoms with Gasteiger partial charge in [0.25, 0.3) is 0 Å². The molecular formula is C15H14ClNO. The number of ketones is 1. The molecule has 18 heavy (non-hydrogen) atoms. The lowest BCUT2D eigenvalue weighted by Crippen LogP contribution is -2.12. The van der Waals surface area contributed by atoms with Crippen molar-refractivity contribution in [3.05, 3.63) is 52.3 Å². The Kier molecular flexibility index (Phi) is 2.75. The van der Waals surface area contributed by atoms with Gasteiger partial charge in [-0.25, -0.2) is 0 Å². The third-order valence-corrected chi connectivity index (χ3v) is 3.78. The minimum Gasteiger partial charge on any atom is -0.319 e. The maximum absolute atomic E-state index is 11.8. The molecule has 0 unspecified atom stereocenters. The van der Waals surface area contributed by atoms with E-state index in [1.807, 2.05) is 42.0 Å². The van der Waals surface area contributed by atoms with Gasteiger partial charge in [0.1, 0.15) is 0 Å². The fourth-order valence-corrected chi connectivity index (χ4v) is 2.88. The lowest BCUT2D eigenvalue weighted by atomic mass is 9.97. The van der Waals surface area contributed by atoms with Crippen LogP contribution in [0.4, 0.5) is 0 Å². The van der Waals surface area contributed by atoms with Gasteiger partial charge in [0.05, 0.1) is 10.7 Å². The van der Waals surface area contributed by atoms with Gasteiger partial charge in [0.2, 0.25) is 0 Å². The van der Waals surface area contributed by atoms with Gasteiger partial charge in [-0.15, -0.1) is 0 Å². The maximum atomic E-state index is 11.8. The van der Waals surface area contributed by atoms with Gasteiger partial charge < -0.3 is 4.57 Å². The molecule has 2 nitrogen and oxygen atoms in total. The molecule has 92 valence electrons. The number of halogens is 1. The third kappa shape index (κ3) is 1.77. The summed E-state index contributed by atoms with van der Waals surface area (Å²) in [7, 11) is 0. The molecule has 1 heterocycles. The highest BCUT2D eigenvalue weighted by Gasteiger charge is 2.21. The van der Waals surface area contributed by atoms with Crippen LogP contribution < -0.4 is 0 Å². The number of benzene rings is 1. The molecule has 0 spiro atoms. The summed E-state index contributed by atoms with van der Waals surface area (Å²) >= 11 is 6.29. The summed E-state index contributed by atoms with van der Waals surface area (Å²) in [6.07, 6.45) is 4.49. The Labute approximate surface area is 111 Å². The van der Waals surface area contributed by atoms with Crippen LogP contribution in [0.25, 0.3) is 5.69 Å². The van der Waals surface area contributed by atoms with Crippen LogP contribution in [0.15, 0.2) is 30.5 Å². The average Bonchev–Trinajstić information content (AvgIpc) is 2.74. The number of hydrogen-bond acceptors (Lipinski definition) is 1. The molecule has 0 N–H and O–H groups in total. The molecular weight excluding hydrogens is 246 g/mol. The first kappa shape index (κ1) is 11.5. The van der Waals surface area contributed by atoms with E-state index < -0.39 is 0 Å². The van der Waals surface area contributed by atoms with E-state index in [0.717, 1.165) is 40.4 Å².